The normalized spacial score (nSPS) is 15.3. The van der Waals surface area contributed by atoms with Crippen LogP contribution in [-0.2, 0) is 19.0 Å². The highest BCUT2D eigenvalue weighted by molar-refractivity contribution is 7.16. The highest BCUT2D eigenvalue weighted by atomic mass is 32.1. The van der Waals surface area contributed by atoms with Gasteiger partial charge in [0.25, 0.3) is 5.91 Å². The number of aryl methyl sites for hydroxylation is 1. The van der Waals surface area contributed by atoms with Crippen molar-refractivity contribution in [3.63, 3.8) is 0 Å². The van der Waals surface area contributed by atoms with E-state index in [4.69, 9.17) is 18.9 Å². The molecule has 0 spiro atoms. The van der Waals surface area contributed by atoms with Gasteiger partial charge in [0, 0.05) is 11.5 Å². The fourth-order valence-electron chi connectivity index (χ4n) is 3.19. The summed E-state index contributed by atoms with van der Waals surface area (Å²) in [4.78, 5) is 37.7. The predicted octanol–water partition coefficient (Wildman–Crippen LogP) is 3.89. The molecule has 0 aliphatic carbocycles. The Morgan fingerprint density at radius 1 is 1.12 bits per heavy atom. The van der Waals surface area contributed by atoms with E-state index in [-0.39, 0.29) is 12.7 Å². The summed E-state index contributed by atoms with van der Waals surface area (Å²) in [5, 5.41) is 3.02. The van der Waals surface area contributed by atoms with E-state index in [2.05, 4.69) is 5.32 Å². The first kappa shape index (κ1) is 23.7. The quantitative estimate of drug-likeness (QED) is 0.566. The van der Waals surface area contributed by atoms with E-state index in [1.807, 2.05) is 6.92 Å². The van der Waals surface area contributed by atoms with Gasteiger partial charge in [-0.15, -0.1) is 11.3 Å². The Hall–Kier alpha value is -2.91. The lowest BCUT2D eigenvalue weighted by atomic mass is 10.1. The maximum Gasteiger partial charge on any atom is 0.341 e. The molecular formula is C23H27NO7S. The Kier molecular flexibility index (Phi) is 8.24. The van der Waals surface area contributed by atoms with Gasteiger partial charge in [0.05, 0.1) is 23.8 Å². The molecule has 2 heterocycles. The second-order valence-corrected chi connectivity index (χ2v) is 8.53. The number of esters is 2. The van der Waals surface area contributed by atoms with Crippen LogP contribution in [0, 0.1) is 13.8 Å². The molecule has 0 saturated carbocycles. The molecule has 8 nitrogen and oxygen atoms in total. The molecule has 1 aromatic carbocycles. The molecule has 2 aromatic rings. The third kappa shape index (κ3) is 6.08. The SMILES string of the molecule is CCOC(=O)c1c(NC(=O)COC(=O)c2ccc(OCC3CCCO3)cc2)sc(C)c1C. The number of hydrogen-bond donors (Lipinski definition) is 1. The lowest BCUT2D eigenvalue weighted by Crippen LogP contribution is -2.21. The fraction of sp³-hybridized carbons (Fsp3) is 0.435. The minimum Gasteiger partial charge on any atom is -0.491 e. The van der Waals surface area contributed by atoms with Crippen molar-refractivity contribution >= 4 is 34.2 Å². The van der Waals surface area contributed by atoms with Crippen LogP contribution in [0.1, 0.15) is 50.9 Å². The van der Waals surface area contributed by atoms with Gasteiger partial charge in [-0.3, -0.25) is 4.79 Å². The molecule has 1 amide bonds. The number of carbonyl (C=O) groups is 3. The average Bonchev–Trinajstić information content (AvgIpc) is 3.39. The molecule has 3 rings (SSSR count). The Morgan fingerprint density at radius 2 is 1.88 bits per heavy atom. The van der Waals surface area contributed by atoms with Crippen LogP contribution >= 0.6 is 11.3 Å². The molecule has 9 heteroatoms. The zero-order valence-electron chi connectivity index (χ0n) is 18.4. The number of amides is 1. The zero-order chi connectivity index (χ0) is 23.1. The van der Waals surface area contributed by atoms with Gasteiger partial charge < -0.3 is 24.3 Å². The average molecular weight is 462 g/mol. The zero-order valence-corrected chi connectivity index (χ0v) is 19.2. The number of rotatable bonds is 9. The van der Waals surface area contributed by atoms with Crippen LogP contribution in [0.2, 0.25) is 0 Å². The summed E-state index contributed by atoms with van der Waals surface area (Å²) >= 11 is 1.27. The first-order valence-corrected chi connectivity index (χ1v) is 11.3. The van der Waals surface area contributed by atoms with Crippen LogP contribution in [0.15, 0.2) is 24.3 Å². The minimum absolute atomic E-state index is 0.110. The van der Waals surface area contributed by atoms with E-state index in [0.29, 0.717) is 28.5 Å². The maximum atomic E-state index is 12.3. The van der Waals surface area contributed by atoms with Crippen LogP contribution in [0.25, 0.3) is 0 Å². The molecular weight excluding hydrogens is 434 g/mol. The molecule has 1 aliphatic heterocycles. The van der Waals surface area contributed by atoms with Crippen LogP contribution < -0.4 is 10.1 Å². The largest absolute Gasteiger partial charge is 0.491 e. The summed E-state index contributed by atoms with van der Waals surface area (Å²) in [6, 6.07) is 6.51. The van der Waals surface area contributed by atoms with E-state index in [9.17, 15) is 14.4 Å². The topological polar surface area (TPSA) is 100 Å². The van der Waals surface area contributed by atoms with Gasteiger partial charge in [-0.1, -0.05) is 0 Å². The molecule has 1 fully saturated rings. The highest BCUT2D eigenvalue weighted by Gasteiger charge is 2.22. The van der Waals surface area contributed by atoms with Crippen molar-refractivity contribution in [2.24, 2.45) is 0 Å². The summed E-state index contributed by atoms with van der Waals surface area (Å²) in [7, 11) is 0. The molecule has 0 radical (unpaired) electrons. The van der Waals surface area contributed by atoms with E-state index >= 15 is 0 Å². The van der Waals surface area contributed by atoms with Crippen molar-refractivity contribution < 1.29 is 33.3 Å². The Bertz CT molecular complexity index is 961. The number of nitrogens with one attached hydrogen (secondary N) is 1. The van der Waals surface area contributed by atoms with Crippen molar-refractivity contribution in [1.29, 1.82) is 0 Å². The van der Waals surface area contributed by atoms with Gasteiger partial charge in [0.15, 0.2) is 6.61 Å². The number of anilines is 1. The molecule has 1 N–H and O–H groups in total. The molecule has 172 valence electrons. The molecule has 0 bridgehead atoms. The lowest BCUT2D eigenvalue weighted by Gasteiger charge is -2.11. The lowest BCUT2D eigenvalue weighted by molar-refractivity contribution is -0.119. The van der Waals surface area contributed by atoms with E-state index in [1.54, 1.807) is 38.1 Å². The third-order valence-corrected chi connectivity index (χ3v) is 6.12. The second kappa shape index (κ2) is 11.1. The first-order chi connectivity index (χ1) is 15.4. The van der Waals surface area contributed by atoms with Crippen molar-refractivity contribution in [2.45, 2.75) is 39.7 Å². The van der Waals surface area contributed by atoms with Gasteiger partial charge in [0.2, 0.25) is 0 Å². The Labute approximate surface area is 190 Å². The van der Waals surface area contributed by atoms with Gasteiger partial charge in [0.1, 0.15) is 17.4 Å². The molecule has 1 aromatic heterocycles. The van der Waals surface area contributed by atoms with Crippen molar-refractivity contribution in [3.05, 3.63) is 45.8 Å². The molecule has 1 saturated heterocycles. The van der Waals surface area contributed by atoms with Gasteiger partial charge in [-0.2, -0.15) is 0 Å². The highest BCUT2D eigenvalue weighted by Crippen LogP contribution is 2.33. The number of carbonyl (C=O) groups excluding carboxylic acids is 3. The Balaban J connectivity index is 1.51. The molecule has 1 unspecified atom stereocenters. The number of hydrogen-bond acceptors (Lipinski definition) is 8. The van der Waals surface area contributed by atoms with Crippen molar-refractivity contribution in [1.82, 2.24) is 0 Å². The minimum atomic E-state index is -0.630. The van der Waals surface area contributed by atoms with Crippen molar-refractivity contribution in [3.8, 4) is 5.75 Å². The molecule has 32 heavy (non-hydrogen) atoms. The van der Waals surface area contributed by atoms with E-state index in [0.717, 1.165) is 29.9 Å². The first-order valence-electron chi connectivity index (χ1n) is 10.5. The number of ether oxygens (including phenoxy) is 4. The van der Waals surface area contributed by atoms with Gasteiger partial charge in [-0.05, 0) is 63.4 Å². The van der Waals surface area contributed by atoms with Crippen LogP contribution in [0.5, 0.6) is 5.75 Å². The fourth-order valence-corrected chi connectivity index (χ4v) is 4.26. The van der Waals surface area contributed by atoms with E-state index < -0.39 is 24.5 Å². The van der Waals surface area contributed by atoms with Crippen molar-refractivity contribution in [2.75, 3.05) is 31.7 Å². The van der Waals surface area contributed by atoms with E-state index in [1.165, 1.54) is 11.3 Å². The van der Waals surface area contributed by atoms with Crippen LogP contribution in [-0.4, -0.2) is 50.4 Å². The summed E-state index contributed by atoms with van der Waals surface area (Å²) in [6.07, 6.45) is 2.14. The standard InChI is InChI=1S/C23H27NO7S/c1-4-28-23(27)20-14(2)15(3)32-21(20)24-19(25)13-31-22(26)16-7-9-17(10-8-16)30-12-18-6-5-11-29-18/h7-10,18H,4-6,11-13H2,1-3H3,(H,24,25). The van der Waals surface area contributed by atoms with Gasteiger partial charge in [-0.25, -0.2) is 9.59 Å². The number of thiophene rings is 1. The van der Waals surface area contributed by atoms with Gasteiger partial charge >= 0.3 is 11.9 Å². The monoisotopic (exact) mass is 461 g/mol. The maximum absolute atomic E-state index is 12.3. The summed E-state index contributed by atoms with van der Waals surface area (Å²) < 4.78 is 21.4. The Morgan fingerprint density at radius 3 is 2.53 bits per heavy atom. The van der Waals surface area contributed by atoms with Crippen LogP contribution in [0.4, 0.5) is 5.00 Å². The summed E-state index contributed by atoms with van der Waals surface area (Å²) in [5.41, 5.74) is 1.38. The summed E-state index contributed by atoms with van der Waals surface area (Å²) in [6.45, 7) is 6.35. The smallest absolute Gasteiger partial charge is 0.341 e. The predicted molar refractivity (Wildman–Crippen MR) is 120 cm³/mol. The summed E-state index contributed by atoms with van der Waals surface area (Å²) in [5.74, 6) is -1.04. The van der Waals surface area contributed by atoms with Crippen LogP contribution in [0.3, 0.4) is 0 Å². The second-order valence-electron chi connectivity index (χ2n) is 7.30. The number of benzene rings is 1. The molecule has 1 aliphatic rings. The third-order valence-electron chi connectivity index (χ3n) is 5.00. The molecule has 1 atom stereocenters.